The standard InChI is InChI=1S/C26H33N6O8P/c1-16(24(35)37-14-25(2,3)4)31-41(36,40-17-8-6-5-7-9-17)38-12-19-21(33)22(34)26(13-27,39-19)20-11-10-18-23(28)29-15-30-32(18)20/h5-11,15-16,19,21-22,33-34H,12,14H2,1-4H3,(H,31,36)(H2,28,29,30)/t16-,19+,21+,22+,26-,41-/m0/s1. The lowest BCUT2D eigenvalue weighted by molar-refractivity contribution is -0.148. The first kappa shape index (κ1) is 30.4. The Morgan fingerprint density at radius 1 is 1.29 bits per heavy atom. The van der Waals surface area contributed by atoms with E-state index in [4.69, 9.17) is 24.3 Å². The van der Waals surface area contributed by atoms with Gasteiger partial charge in [-0.2, -0.15) is 15.4 Å². The number of ether oxygens (including phenoxy) is 2. The summed E-state index contributed by atoms with van der Waals surface area (Å²) in [5, 5.41) is 38.6. The highest BCUT2D eigenvalue weighted by Gasteiger charge is 2.58. The number of aliphatic hydroxyl groups excluding tert-OH is 2. The molecule has 41 heavy (non-hydrogen) atoms. The van der Waals surface area contributed by atoms with Gasteiger partial charge >= 0.3 is 13.7 Å². The lowest BCUT2D eigenvalue weighted by Crippen LogP contribution is -2.41. The van der Waals surface area contributed by atoms with Crippen LogP contribution in [0.25, 0.3) is 5.52 Å². The number of benzene rings is 1. The van der Waals surface area contributed by atoms with Crippen molar-refractivity contribution in [1.82, 2.24) is 19.7 Å². The Bertz CT molecular complexity index is 1470. The number of nitriles is 1. The third-order valence-corrected chi connectivity index (χ3v) is 7.86. The van der Waals surface area contributed by atoms with Gasteiger partial charge in [-0.25, -0.2) is 14.1 Å². The third kappa shape index (κ3) is 6.51. The van der Waals surface area contributed by atoms with Crippen molar-refractivity contribution >= 4 is 25.1 Å². The number of carbonyl (C=O) groups excluding carboxylic acids is 1. The van der Waals surface area contributed by atoms with Crippen LogP contribution >= 0.6 is 7.75 Å². The lowest BCUT2D eigenvalue weighted by atomic mass is 9.92. The van der Waals surface area contributed by atoms with Gasteiger partial charge in [-0.3, -0.25) is 9.32 Å². The Hall–Kier alpha value is -3.57. The second kappa shape index (κ2) is 11.7. The van der Waals surface area contributed by atoms with Crippen LogP contribution in [0.4, 0.5) is 5.82 Å². The first-order valence-electron chi connectivity index (χ1n) is 12.8. The Morgan fingerprint density at radius 3 is 2.66 bits per heavy atom. The molecule has 0 spiro atoms. The van der Waals surface area contributed by atoms with Crippen LogP contribution in [0.5, 0.6) is 5.75 Å². The van der Waals surface area contributed by atoms with Crippen molar-refractivity contribution in [2.24, 2.45) is 5.41 Å². The Kier molecular flexibility index (Phi) is 8.70. The zero-order chi connectivity index (χ0) is 30.0. The molecule has 2 aromatic heterocycles. The van der Waals surface area contributed by atoms with Gasteiger partial charge in [0.25, 0.3) is 0 Å². The molecule has 0 aliphatic carbocycles. The molecule has 1 aliphatic heterocycles. The molecule has 1 saturated heterocycles. The summed E-state index contributed by atoms with van der Waals surface area (Å²) < 4.78 is 37.6. The fourth-order valence-corrected chi connectivity index (χ4v) is 5.64. The summed E-state index contributed by atoms with van der Waals surface area (Å²) in [4.78, 5) is 16.5. The SMILES string of the molecule is C[C@H](N[P@](=O)(OC[C@H]1O[C@@](C#N)(c2ccc3c(N)ncnn23)[C@H](O)[C@@H]1O)Oc1ccccc1)C(=O)OCC(C)(C)C. The number of nitrogens with zero attached hydrogens (tertiary/aromatic N) is 4. The zero-order valence-corrected chi connectivity index (χ0v) is 23.9. The van der Waals surface area contributed by atoms with E-state index in [9.17, 15) is 24.8 Å². The van der Waals surface area contributed by atoms with E-state index < -0.39 is 50.3 Å². The van der Waals surface area contributed by atoms with Crippen molar-refractivity contribution in [2.75, 3.05) is 18.9 Å². The van der Waals surface area contributed by atoms with Crippen molar-refractivity contribution in [1.29, 1.82) is 5.26 Å². The first-order valence-corrected chi connectivity index (χ1v) is 14.3. The quantitative estimate of drug-likeness (QED) is 0.198. The molecule has 3 aromatic rings. The Morgan fingerprint density at radius 2 is 2.00 bits per heavy atom. The molecule has 5 N–H and O–H groups in total. The van der Waals surface area contributed by atoms with Crippen molar-refractivity contribution in [3.63, 3.8) is 0 Å². The summed E-state index contributed by atoms with van der Waals surface area (Å²) in [5.74, 6) is -0.375. The van der Waals surface area contributed by atoms with Crippen molar-refractivity contribution in [3.8, 4) is 11.8 Å². The highest BCUT2D eigenvalue weighted by Crippen LogP contribution is 2.47. The predicted octanol–water partition coefficient (Wildman–Crippen LogP) is 1.92. The summed E-state index contributed by atoms with van der Waals surface area (Å²) in [6.45, 7) is 6.66. The number of nitrogens with one attached hydrogen (secondary N) is 1. The maximum atomic E-state index is 13.9. The second-order valence-electron chi connectivity index (χ2n) is 10.8. The van der Waals surface area contributed by atoms with Crippen LogP contribution in [-0.4, -0.2) is 68.3 Å². The number of aliphatic hydroxyl groups is 2. The van der Waals surface area contributed by atoms with Crippen LogP contribution in [0.2, 0.25) is 0 Å². The fraction of sp³-hybridized carbons (Fsp3) is 0.462. The average molecular weight is 589 g/mol. The minimum Gasteiger partial charge on any atom is -0.464 e. The van der Waals surface area contributed by atoms with Gasteiger partial charge in [0.2, 0.25) is 5.60 Å². The van der Waals surface area contributed by atoms with Gasteiger partial charge in [0, 0.05) is 0 Å². The summed E-state index contributed by atoms with van der Waals surface area (Å²) in [6.07, 6.45) is -3.55. The van der Waals surface area contributed by atoms with Crippen LogP contribution in [0.3, 0.4) is 0 Å². The highest BCUT2D eigenvalue weighted by atomic mass is 31.2. The van der Waals surface area contributed by atoms with Crippen LogP contribution in [0, 0.1) is 16.7 Å². The van der Waals surface area contributed by atoms with E-state index in [2.05, 4.69) is 15.2 Å². The predicted molar refractivity (Wildman–Crippen MR) is 145 cm³/mol. The minimum absolute atomic E-state index is 0.0928. The van der Waals surface area contributed by atoms with Gasteiger partial charge in [-0.15, -0.1) is 0 Å². The number of rotatable bonds is 10. The van der Waals surface area contributed by atoms with Crippen LogP contribution in [0.15, 0.2) is 48.8 Å². The topological polar surface area (TPSA) is 204 Å². The number of hydrogen-bond acceptors (Lipinski definition) is 12. The van der Waals surface area contributed by atoms with Crippen molar-refractivity contribution in [3.05, 3.63) is 54.5 Å². The zero-order valence-electron chi connectivity index (χ0n) is 23.0. The van der Waals surface area contributed by atoms with Gasteiger partial charge < -0.3 is 29.9 Å². The first-order chi connectivity index (χ1) is 19.3. The molecule has 0 amide bonds. The van der Waals surface area contributed by atoms with Gasteiger partial charge in [0.05, 0.1) is 18.9 Å². The van der Waals surface area contributed by atoms with Gasteiger partial charge in [-0.1, -0.05) is 39.0 Å². The summed E-state index contributed by atoms with van der Waals surface area (Å²) in [7, 11) is -4.32. The molecule has 6 atom stereocenters. The summed E-state index contributed by atoms with van der Waals surface area (Å²) in [6, 6.07) is 11.9. The maximum Gasteiger partial charge on any atom is 0.459 e. The van der Waals surface area contributed by atoms with E-state index in [0.717, 1.165) is 0 Å². The lowest BCUT2D eigenvalue weighted by Gasteiger charge is -2.26. The molecular weight excluding hydrogens is 555 g/mol. The number of para-hydroxylation sites is 1. The van der Waals surface area contributed by atoms with Crippen molar-refractivity contribution in [2.45, 2.75) is 57.6 Å². The van der Waals surface area contributed by atoms with Crippen LogP contribution in [0.1, 0.15) is 33.4 Å². The number of hydrogen-bond donors (Lipinski definition) is 4. The molecule has 4 rings (SSSR count). The monoisotopic (exact) mass is 588 g/mol. The van der Waals surface area contributed by atoms with Gasteiger partial charge in [0.15, 0.2) is 5.82 Å². The van der Waals surface area contributed by atoms with E-state index in [1.807, 2.05) is 26.8 Å². The molecule has 15 heteroatoms. The number of esters is 1. The minimum atomic E-state index is -4.32. The van der Waals surface area contributed by atoms with Gasteiger partial charge in [0.1, 0.15) is 48.0 Å². The van der Waals surface area contributed by atoms with E-state index in [1.54, 1.807) is 24.3 Å². The molecule has 3 heterocycles. The molecule has 1 aromatic carbocycles. The molecule has 0 saturated carbocycles. The molecule has 220 valence electrons. The number of nitrogen functional groups attached to an aromatic ring is 1. The summed E-state index contributed by atoms with van der Waals surface area (Å²) >= 11 is 0. The summed E-state index contributed by atoms with van der Waals surface area (Å²) in [5.41, 5.74) is 3.97. The number of aromatic nitrogens is 3. The second-order valence-corrected chi connectivity index (χ2v) is 12.5. The van der Waals surface area contributed by atoms with Crippen LogP contribution < -0.4 is 15.3 Å². The molecule has 0 radical (unpaired) electrons. The van der Waals surface area contributed by atoms with Gasteiger partial charge in [-0.05, 0) is 36.6 Å². The molecule has 1 fully saturated rings. The smallest absolute Gasteiger partial charge is 0.459 e. The maximum absolute atomic E-state index is 13.9. The van der Waals surface area contributed by atoms with Crippen LogP contribution in [-0.2, 0) is 29.0 Å². The highest BCUT2D eigenvalue weighted by molar-refractivity contribution is 7.52. The molecule has 1 aliphatic rings. The number of nitrogens with two attached hydrogens (primary N) is 1. The van der Waals surface area contributed by atoms with Crippen molar-refractivity contribution < 1.29 is 38.1 Å². The largest absolute Gasteiger partial charge is 0.464 e. The average Bonchev–Trinajstić information content (AvgIpc) is 3.47. The van der Waals surface area contributed by atoms with E-state index in [-0.39, 0.29) is 29.3 Å². The van der Waals surface area contributed by atoms with E-state index in [1.165, 1.54) is 36.0 Å². The normalized spacial score (nSPS) is 24.9. The van der Waals surface area contributed by atoms with E-state index >= 15 is 0 Å². The molecular formula is C26H33N6O8P. The Balaban J connectivity index is 1.55. The molecule has 14 nitrogen and oxygen atoms in total. The third-order valence-electron chi connectivity index (χ3n) is 6.22. The molecule has 0 unspecified atom stereocenters. The van der Waals surface area contributed by atoms with E-state index in [0.29, 0.717) is 5.52 Å². The fourth-order valence-electron chi connectivity index (χ4n) is 4.13. The number of anilines is 1. The number of fused-ring (bicyclic) bond motifs is 1. The Labute approximate surface area is 236 Å². The molecule has 0 bridgehead atoms. The number of carbonyl (C=O) groups is 1.